The Morgan fingerprint density at radius 3 is 2.44 bits per heavy atom. The Hall–Kier alpha value is -1.72. The van der Waals surface area contributed by atoms with Crippen molar-refractivity contribution >= 4 is 5.97 Å². The second-order valence-electron chi connectivity index (χ2n) is 3.14. The van der Waals surface area contributed by atoms with Gasteiger partial charge in [0, 0.05) is 0 Å². The van der Waals surface area contributed by atoms with Gasteiger partial charge >= 0.3 is 12.1 Å². The third kappa shape index (κ3) is 3.15. The summed E-state index contributed by atoms with van der Waals surface area (Å²) in [7, 11) is 1.22. The summed E-state index contributed by atoms with van der Waals surface area (Å²) in [5.41, 5.74) is -0.859. The predicted octanol–water partition coefficient (Wildman–Crippen LogP) is 2.34. The summed E-state index contributed by atoms with van der Waals surface area (Å²) < 4.78 is 41.9. The van der Waals surface area contributed by atoms with Gasteiger partial charge < -0.3 is 9.84 Å². The highest BCUT2D eigenvalue weighted by Crippen LogP contribution is 2.32. The molecule has 0 bridgehead atoms. The molecule has 6 heteroatoms. The van der Waals surface area contributed by atoms with Crippen LogP contribution in [0.1, 0.15) is 11.1 Å². The third-order valence-electron chi connectivity index (χ3n) is 1.88. The average molecular weight is 234 g/mol. The molecule has 1 aromatic carbocycles. The molecule has 1 rings (SSSR count). The summed E-state index contributed by atoms with van der Waals surface area (Å²) in [6, 6.07) is 2.89. The number of aliphatic carboxylic acids is 1. The summed E-state index contributed by atoms with van der Waals surface area (Å²) in [5.74, 6) is -1.20. The van der Waals surface area contributed by atoms with Crippen molar-refractivity contribution in [3.63, 3.8) is 0 Å². The van der Waals surface area contributed by atoms with E-state index >= 15 is 0 Å². The lowest BCUT2D eigenvalue weighted by molar-refractivity contribution is -0.138. The molecule has 0 radical (unpaired) electrons. The molecule has 3 nitrogen and oxygen atoms in total. The Kier molecular flexibility index (Phi) is 3.41. The van der Waals surface area contributed by atoms with E-state index in [4.69, 9.17) is 5.11 Å². The van der Waals surface area contributed by atoms with Crippen molar-refractivity contribution in [2.45, 2.75) is 12.6 Å². The minimum Gasteiger partial charge on any atom is -0.497 e. The first-order valence-corrected chi connectivity index (χ1v) is 4.30. The van der Waals surface area contributed by atoms with Crippen LogP contribution in [0.25, 0.3) is 0 Å². The number of carbonyl (C=O) groups is 1. The fraction of sp³-hybridized carbons (Fsp3) is 0.300. The summed E-state index contributed by atoms with van der Waals surface area (Å²) >= 11 is 0. The zero-order valence-corrected chi connectivity index (χ0v) is 8.34. The van der Waals surface area contributed by atoms with Crippen molar-refractivity contribution in [3.8, 4) is 5.75 Å². The van der Waals surface area contributed by atoms with Crippen molar-refractivity contribution in [2.24, 2.45) is 0 Å². The topological polar surface area (TPSA) is 46.5 Å². The van der Waals surface area contributed by atoms with Crippen LogP contribution in [0.2, 0.25) is 0 Å². The number of halogens is 3. The first-order valence-electron chi connectivity index (χ1n) is 4.30. The van der Waals surface area contributed by atoms with E-state index < -0.39 is 24.1 Å². The molecule has 16 heavy (non-hydrogen) atoms. The fourth-order valence-electron chi connectivity index (χ4n) is 1.22. The highest BCUT2D eigenvalue weighted by molar-refractivity contribution is 5.70. The van der Waals surface area contributed by atoms with E-state index in [1.54, 1.807) is 0 Å². The van der Waals surface area contributed by atoms with E-state index in [2.05, 4.69) is 4.74 Å². The number of ether oxygens (including phenoxy) is 1. The van der Waals surface area contributed by atoms with Crippen molar-refractivity contribution < 1.29 is 27.8 Å². The molecule has 0 fully saturated rings. The lowest BCUT2D eigenvalue weighted by Crippen LogP contribution is -2.08. The number of methoxy groups -OCH3 is 1. The average Bonchev–Trinajstić information content (AvgIpc) is 2.14. The van der Waals surface area contributed by atoms with Crippen LogP contribution in [0.4, 0.5) is 13.2 Å². The Labute approximate surface area is 89.5 Å². The lowest BCUT2D eigenvalue weighted by atomic mass is 10.1. The summed E-state index contributed by atoms with van der Waals surface area (Å²) in [6.45, 7) is 0. The highest BCUT2D eigenvalue weighted by Gasteiger charge is 2.31. The Bertz CT molecular complexity index is 399. The molecule has 88 valence electrons. The van der Waals surface area contributed by atoms with Gasteiger partial charge in [-0.2, -0.15) is 13.2 Å². The molecular formula is C10H9F3O3. The Balaban J connectivity index is 3.16. The van der Waals surface area contributed by atoms with E-state index in [0.717, 1.165) is 12.1 Å². The predicted molar refractivity (Wildman–Crippen MR) is 49.3 cm³/mol. The number of carboxylic acid groups (broad SMARTS) is 1. The van der Waals surface area contributed by atoms with Gasteiger partial charge in [-0.15, -0.1) is 0 Å². The lowest BCUT2D eigenvalue weighted by Gasteiger charge is -2.10. The molecule has 0 aromatic heterocycles. The minimum atomic E-state index is -4.51. The number of alkyl halides is 3. The van der Waals surface area contributed by atoms with Crippen LogP contribution in [0.3, 0.4) is 0 Å². The second-order valence-corrected chi connectivity index (χ2v) is 3.14. The van der Waals surface area contributed by atoms with Crippen LogP contribution in [0.5, 0.6) is 5.75 Å². The fourth-order valence-corrected chi connectivity index (χ4v) is 1.22. The van der Waals surface area contributed by atoms with Crippen LogP contribution < -0.4 is 4.74 Å². The van der Waals surface area contributed by atoms with Gasteiger partial charge in [0.05, 0.1) is 19.1 Å². The molecule has 0 saturated heterocycles. The molecular weight excluding hydrogens is 225 g/mol. The van der Waals surface area contributed by atoms with Gasteiger partial charge in [-0.05, 0) is 23.8 Å². The molecule has 0 atom stereocenters. The molecule has 0 amide bonds. The quantitative estimate of drug-likeness (QED) is 0.873. The van der Waals surface area contributed by atoms with Crippen LogP contribution >= 0.6 is 0 Å². The Morgan fingerprint density at radius 2 is 2.00 bits per heavy atom. The zero-order chi connectivity index (χ0) is 12.3. The molecule has 1 N–H and O–H groups in total. The van der Waals surface area contributed by atoms with Gasteiger partial charge in [-0.1, -0.05) is 0 Å². The van der Waals surface area contributed by atoms with Crippen molar-refractivity contribution in [1.29, 1.82) is 0 Å². The van der Waals surface area contributed by atoms with Gasteiger partial charge in [-0.25, -0.2) is 0 Å². The monoisotopic (exact) mass is 234 g/mol. The molecule has 0 aliphatic rings. The number of rotatable bonds is 3. The summed E-state index contributed by atoms with van der Waals surface area (Å²) in [6.07, 6.45) is -4.98. The van der Waals surface area contributed by atoms with Gasteiger partial charge in [0.15, 0.2) is 0 Å². The van der Waals surface area contributed by atoms with Crippen molar-refractivity contribution in [3.05, 3.63) is 29.3 Å². The SMILES string of the molecule is COc1cc(CC(=O)O)cc(C(F)(F)F)c1. The van der Waals surface area contributed by atoms with Crippen LogP contribution in [-0.4, -0.2) is 18.2 Å². The van der Waals surface area contributed by atoms with Gasteiger partial charge in [0.1, 0.15) is 5.75 Å². The molecule has 1 aromatic rings. The number of hydrogen-bond donors (Lipinski definition) is 1. The van der Waals surface area contributed by atoms with E-state index in [-0.39, 0.29) is 11.3 Å². The van der Waals surface area contributed by atoms with Crippen LogP contribution in [-0.2, 0) is 17.4 Å². The maximum atomic E-state index is 12.4. The van der Waals surface area contributed by atoms with E-state index in [1.807, 2.05) is 0 Å². The van der Waals surface area contributed by atoms with Crippen LogP contribution in [0.15, 0.2) is 18.2 Å². The van der Waals surface area contributed by atoms with Gasteiger partial charge in [0.25, 0.3) is 0 Å². The summed E-state index contributed by atoms with van der Waals surface area (Å²) in [4.78, 5) is 10.4. The first-order chi connectivity index (χ1) is 7.32. The summed E-state index contributed by atoms with van der Waals surface area (Å²) in [5, 5.41) is 8.50. The molecule has 0 aliphatic carbocycles. The van der Waals surface area contributed by atoms with Crippen LogP contribution in [0, 0.1) is 0 Å². The number of benzene rings is 1. The second kappa shape index (κ2) is 4.42. The standard InChI is InChI=1S/C10H9F3O3/c1-16-8-3-6(4-9(14)15)2-7(5-8)10(11,12)13/h2-3,5H,4H2,1H3,(H,14,15). The Morgan fingerprint density at radius 1 is 1.38 bits per heavy atom. The van der Waals surface area contributed by atoms with Gasteiger partial charge in [-0.3, -0.25) is 4.79 Å². The van der Waals surface area contributed by atoms with Crippen molar-refractivity contribution in [1.82, 2.24) is 0 Å². The van der Waals surface area contributed by atoms with E-state index in [9.17, 15) is 18.0 Å². The van der Waals surface area contributed by atoms with E-state index in [1.165, 1.54) is 13.2 Å². The molecule has 0 spiro atoms. The normalized spacial score (nSPS) is 11.2. The molecule has 0 heterocycles. The molecule has 0 saturated carbocycles. The maximum absolute atomic E-state index is 12.4. The zero-order valence-electron chi connectivity index (χ0n) is 8.34. The number of hydrogen-bond acceptors (Lipinski definition) is 2. The maximum Gasteiger partial charge on any atom is 0.416 e. The smallest absolute Gasteiger partial charge is 0.416 e. The largest absolute Gasteiger partial charge is 0.497 e. The van der Waals surface area contributed by atoms with Crippen molar-refractivity contribution in [2.75, 3.05) is 7.11 Å². The number of carboxylic acids is 1. The molecule has 0 aliphatic heterocycles. The first kappa shape index (κ1) is 12.4. The van der Waals surface area contributed by atoms with E-state index in [0.29, 0.717) is 0 Å². The highest BCUT2D eigenvalue weighted by atomic mass is 19.4. The minimum absolute atomic E-state index is 0.00826. The third-order valence-corrected chi connectivity index (χ3v) is 1.88. The molecule has 0 unspecified atom stereocenters. The van der Waals surface area contributed by atoms with Gasteiger partial charge in [0.2, 0.25) is 0 Å².